The molecular weight excluding hydrogens is 223 g/mol. The Kier molecular flexibility index (Phi) is 4.56. The molecule has 14 heavy (non-hydrogen) atoms. The number of rotatable bonds is 3. The molecule has 1 aromatic rings. The Labute approximate surface area is 92.4 Å². The number of benzene rings is 1. The lowest BCUT2D eigenvalue weighted by molar-refractivity contribution is 0.252. The van der Waals surface area contributed by atoms with Gasteiger partial charge in [0.2, 0.25) is 0 Å². The van der Waals surface area contributed by atoms with Gasteiger partial charge in [-0.3, -0.25) is 0 Å². The van der Waals surface area contributed by atoms with Crippen molar-refractivity contribution in [1.29, 1.82) is 0 Å². The predicted molar refractivity (Wildman–Crippen MR) is 59.2 cm³/mol. The number of hydrogen-bond donors (Lipinski definition) is 2. The van der Waals surface area contributed by atoms with Crippen LogP contribution >= 0.6 is 23.2 Å². The minimum Gasteiger partial charge on any atom is -0.337 e. The first-order chi connectivity index (χ1) is 6.72. The van der Waals surface area contributed by atoms with Crippen molar-refractivity contribution in [3.63, 3.8) is 0 Å². The maximum Gasteiger partial charge on any atom is 0.319 e. The van der Waals surface area contributed by atoms with Crippen molar-refractivity contribution in [2.45, 2.75) is 0 Å². The molecule has 0 heterocycles. The largest absolute Gasteiger partial charge is 0.337 e. The molecule has 5 heteroatoms. The van der Waals surface area contributed by atoms with Crippen LogP contribution in [0.15, 0.2) is 24.3 Å². The first kappa shape index (κ1) is 11.1. The van der Waals surface area contributed by atoms with E-state index in [0.29, 0.717) is 23.1 Å². The quantitative estimate of drug-likeness (QED) is 0.774. The van der Waals surface area contributed by atoms with Crippen molar-refractivity contribution in [3.05, 3.63) is 29.3 Å². The Morgan fingerprint density at radius 2 is 2.21 bits per heavy atom. The van der Waals surface area contributed by atoms with Crippen molar-refractivity contribution in [2.24, 2.45) is 0 Å². The third-order valence-corrected chi connectivity index (χ3v) is 1.89. The average molecular weight is 233 g/mol. The molecule has 0 aliphatic heterocycles. The minimum absolute atomic E-state index is 0.284. The lowest BCUT2D eigenvalue weighted by Gasteiger charge is -2.05. The SMILES string of the molecule is O=C(NCCCl)Nc1cccc(Cl)c1. The Balaban J connectivity index is 2.47. The zero-order chi connectivity index (χ0) is 10.4. The zero-order valence-electron chi connectivity index (χ0n) is 7.39. The number of carbonyl (C=O) groups excluding carboxylic acids is 1. The molecule has 76 valence electrons. The van der Waals surface area contributed by atoms with Crippen LogP contribution in [-0.4, -0.2) is 18.5 Å². The second-order valence-corrected chi connectivity index (χ2v) is 3.39. The van der Waals surface area contributed by atoms with Crippen LogP contribution in [-0.2, 0) is 0 Å². The van der Waals surface area contributed by atoms with E-state index in [1.165, 1.54) is 0 Å². The average Bonchev–Trinajstić information content (AvgIpc) is 2.15. The lowest BCUT2D eigenvalue weighted by atomic mass is 10.3. The van der Waals surface area contributed by atoms with Gasteiger partial charge in [-0.05, 0) is 18.2 Å². The minimum atomic E-state index is -0.284. The molecule has 0 radical (unpaired) electrons. The van der Waals surface area contributed by atoms with Gasteiger partial charge in [-0.15, -0.1) is 11.6 Å². The molecule has 0 aromatic heterocycles. The molecule has 2 amide bonds. The smallest absolute Gasteiger partial charge is 0.319 e. The maximum absolute atomic E-state index is 11.2. The number of carbonyl (C=O) groups is 1. The first-order valence-corrected chi connectivity index (χ1v) is 5.00. The van der Waals surface area contributed by atoms with Gasteiger partial charge in [-0.2, -0.15) is 0 Å². The van der Waals surface area contributed by atoms with Gasteiger partial charge in [-0.25, -0.2) is 4.79 Å². The monoisotopic (exact) mass is 232 g/mol. The number of halogens is 2. The van der Waals surface area contributed by atoms with E-state index in [2.05, 4.69) is 10.6 Å². The van der Waals surface area contributed by atoms with Crippen molar-refractivity contribution in [1.82, 2.24) is 5.32 Å². The number of amides is 2. The van der Waals surface area contributed by atoms with E-state index < -0.39 is 0 Å². The fourth-order valence-corrected chi connectivity index (χ4v) is 1.19. The molecule has 0 saturated carbocycles. The van der Waals surface area contributed by atoms with Crippen molar-refractivity contribution in [2.75, 3.05) is 17.7 Å². The highest BCUT2D eigenvalue weighted by Crippen LogP contribution is 2.14. The normalized spacial score (nSPS) is 9.57. The standard InChI is InChI=1S/C9H10Cl2N2O/c10-4-5-12-9(14)13-8-3-1-2-7(11)6-8/h1-3,6H,4-5H2,(H2,12,13,14). The topological polar surface area (TPSA) is 41.1 Å². The highest BCUT2D eigenvalue weighted by molar-refractivity contribution is 6.30. The van der Waals surface area contributed by atoms with E-state index in [1.807, 2.05) is 0 Å². The number of hydrogen-bond acceptors (Lipinski definition) is 1. The first-order valence-electron chi connectivity index (χ1n) is 4.09. The van der Waals surface area contributed by atoms with Gasteiger partial charge in [0.15, 0.2) is 0 Å². The van der Waals surface area contributed by atoms with E-state index in [1.54, 1.807) is 24.3 Å². The molecule has 0 bridgehead atoms. The summed E-state index contributed by atoms with van der Waals surface area (Å²) in [6.07, 6.45) is 0. The molecule has 0 aliphatic rings. The molecule has 2 N–H and O–H groups in total. The molecule has 0 spiro atoms. The summed E-state index contributed by atoms with van der Waals surface area (Å²) in [5.41, 5.74) is 0.657. The summed E-state index contributed by atoms with van der Waals surface area (Å²) in [7, 11) is 0. The van der Waals surface area contributed by atoms with Crippen molar-refractivity contribution in [3.8, 4) is 0 Å². The number of alkyl halides is 1. The van der Waals surface area contributed by atoms with Gasteiger partial charge >= 0.3 is 6.03 Å². The number of urea groups is 1. The zero-order valence-corrected chi connectivity index (χ0v) is 8.90. The Hall–Kier alpha value is -0.930. The van der Waals surface area contributed by atoms with Gasteiger partial charge in [0.25, 0.3) is 0 Å². The fraction of sp³-hybridized carbons (Fsp3) is 0.222. The summed E-state index contributed by atoms with van der Waals surface area (Å²) < 4.78 is 0. The molecule has 0 unspecified atom stereocenters. The number of anilines is 1. The van der Waals surface area contributed by atoms with Crippen LogP contribution < -0.4 is 10.6 Å². The molecule has 0 fully saturated rings. The third-order valence-electron chi connectivity index (χ3n) is 1.46. The second-order valence-electron chi connectivity index (χ2n) is 2.58. The van der Waals surface area contributed by atoms with Crippen LogP contribution in [0.4, 0.5) is 10.5 Å². The molecule has 1 rings (SSSR count). The molecule has 0 saturated heterocycles. The molecule has 0 aliphatic carbocycles. The van der Waals surface area contributed by atoms with E-state index in [-0.39, 0.29) is 6.03 Å². The summed E-state index contributed by atoms with van der Waals surface area (Å²) in [5.74, 6) is 0.392. The summed E-state index contributed by atoms with van der Waals surface area (Å²) in [6.45, 7) is 0.438. The van der Waals surface area contributed by atoms with E-state index in [9.17, 15) is 4.79 Å². The summed E-state index contributed by atoms with van der Waals surface area (Å²) in [5, 5.41) is 5.78. The van der Waals surface area contributed by atoms with E-state index >= 15 is 0 Å². The Morgan fingerprint density at radius 3 is 2.86 bits per heavy atom. The number of nitrogens with one attached hydrogen (secondary N) is 2. The highest BCUT2D eigenvalue weighted by atomic mass is 35.5. The summed E-state index contributed by atoms with van der Waals surface area (Å²) in [6, 6.07) is 6.64. The molecule has 0 atom stereocenters. The molecule has 3 nitrogen and oxygen atoms in total. The maximum atomic E-state index is 11.2. The Bertz CT molecular complexity index is 317. The summed E-state index contributed by atoms with van der Waals surface area (Å²) >= 11 is 11.2. The lowest BCUT2D eigenvalue weighted by Crippen LogP contribution is -2.30. The molecule has 1 aromatic carbocycles. The van der Waals surface area contributed by atoms with Gasteiger partial charge in [-0.1, -0.05) is 17.7 Å². The van der Waals surface area contributed by atoms with Crippen LogP contribution in [0.5, 0.6) is 0 Å². The van der Waals surface area contributed by atoms with Crippen molar-refractivity contribution >= 4 is 34.9 Å². The van der Waals surface area contributed by atoms with Crippen LogP contribution in [0.1, 0.15) is 0 Å². The highest BCUT2D eigenvalue weighted by Gasteiger charge is 1.99. The van der Waals surface area contributed by atoms with E-state index in [0.717, 1.165) is 0 Å². The van der Waals surface area contributed by atoms with Gasteiger partial charge < -0.3 is 10.6 Å². The Morgan fingerprint density at radius 1 is 1.43 bits per heavy atom. The van der Waals surface area contributed by atoms with Crippen LogP contribution in [0.25, 0.3) is 0 Å². The van der Waals surface area contributed by atoms with Gasteiger partial charge in [0, 0.05) is 23.1 Å². The molecular formula is C9H10Cl2N2O. The summed E-state index contributed by atoms with van der Waals surface area (Å²) in [4.78, 5) is 11.2. The van der Waals surface area contributed by atoms with Crippen LogP contribution in [0, 0.1) is 0 Å². The fourth-order valence-electron chi connectivity index (χ4n) is 0.902. The van der Waals surface area contributed by atoms with Gasteiger partial charge in [0.1, 0.15) is 0 Å². The van der Waals surface area contributed by atoms with Gasteiger partial charge in [0.05, 0.1) is 0 Å². The van der Waals surface area contributed by atoms with E-state index in [4.69, 9.17) is 23.2 Å². The second kappa shape index (κ2) is 5.73. The van der Waals surface area contributed by atoms with Crippen LogP contribution in [0.3, 0.4) is 0 Å². The third kappa shape index (κ3) is 3.85. The predicted octanol–water partition coefficient (Wildman–Crippen LogP) is 2.70. The van der Waals surface area contributed by atoms with Crippen molar-refractivity contribution < 1.29 is 4.79 Å². The van der Waals surface area contributed by atoms with Crippen LogP contribution in [0.2, 0.25) is 5.02 Å².